The Kier molecular flexibility index (Phi) is 7.54. The van der Waals surface area contributed by atoms with E-state index in [2.05, 4.69) is 168 Å². The highest BCUT2D eigenvalue weighted by atomic mass is 16.3. The number of hydrogen-bond donors (Lipinski definition) is 0. The highest BCUT2D eigenvalue weighted by Gasteiger charge is 2.22. The van der Waals surface area contributed by atoms with E-state index in [1.54, 1.807) is 0 Å². The molecule has 10 aromatic carbocycles. The smallest absolute Gasteiger partial charge is 0.167 e. The van der Waals surface area contributed by atoms with Crippen LogP contribution in [0.15, 0.2) is 211 Å². The van der Waals surface area contributed by atoms with Crippen LogP contribution in [0.3, 0.4) is 0 Å². The van der Waals surface area contributed by atoms with Crippen molar-refractivity contribution in [3.63, 3.8) is 0 Å². The van der Waals surface area contributed by atoms with Crippen molar-refractivity contribution in [1.29, 1.82) is 0 Å². The topological polar surface area (TPSA) is 56.7 Å². The summed E-state index contributed by atoms with van der Waals surface area (Å²) in [5.41, 5.74) is 9.69. The van der Waals surface area contributed by atoms with Gasteiger partial charge in [-0.2, -0.15) is 0 Å². The van der Waals surface area contributed by atoms with Crippen LogP contribution in [0.2, 0.25) is 0 Å². The number of benzene rings is 10. The summed E-state index contributed by atoms with van der Waals surface area (Å²) in [6.07, 6.45) is 0. The first kappa shape index (κ1) is 34.5. The van der Waals surface area contributed by atoms with Gasteiger partial charge in [0.25, 0.3) is 0 Å². The zero-order valence-corrected chi connectivity index (χ0v) is 33.3. The summed E-state index contributed by atoms with van der Waals surface area (Å²) in [4.78, 5) is 15.8. The molecule has 3 aromatic heterocycles. The molecule has 62 heavy (non-hydrogen) atoms. The van der Waals surface area contributed by atoms with E-state index in [1.807, 2.05) is 42.5 Å². The molecule has 0 bridgehead atoms. The second kappa shape index (κ2) is 13.6. The van der Waals surface area contributed by atoms with Crippen LogP contribution < -0.4 is 0 Å². The minimum Gasteiger partial charge on any atom is -0.455 e. The summed E-state index contributed by atoms with van der Waals surface area (Å²) in [5.74, 6) is 1.72. The molecule has 0 saturated carbocycles. The third kappa shape index (κ3) is 5.32. The van der Waals surface area contributed by atoms with Crippen LogP contribution in [-0.4, -0.2) is 19.5 Å². The maximum atomic E-state index is 6.55. The Balaban J connectivity index is 1.12. The maximum absolute atomic E-state index is 6.55. The quantitative estimate of drug-likeness (QED) is 0.174. The molecule has 0 aliphatic carbocycles. The first-order valence-corrected chi connectivity index (χ1v) is 20.9. The van der Waals surface area contributed by atoms with E-state index < -0.39 is 0 Å². The molecule has 5 nitrogen and oxygen atoms in total. The number of fused-ring (bicyclic) bond motifs is 10. The molecule has 0 spiro atoms. The summed E-state index contributed by atoms with van der Waals surface area (Å²) >= 11 is 0. The summed E-state index contributed by atoms with van der Waals surface area (Å²) in [5, 5.41) is 11.6. The van der Waals surface area contributed by atoms with Crippen LogP contribution in [0.1, 0.15) is 0 Å². The standard InChI is InChI=1S/C57H34N4O/c1-2-16-37(17-3-1)55-58-56(60-57(59-55)48-26-13-25-46-44-23-10-11-27-52(44)62-54(46)48)47-31-29-40(34-49(47)43-24-12-20-35-14-6-8-21-41(35)43)61-51-33-39-19-5-4-18-38(39)32-50(51)45-30-28-36-15-7-9-22-42(36)53(45)61/h1-34H. The van der Waals surface area contributed by atoms with Gasteiger partial charge < -0.3 is 8.98 Å². The lowest BCUT2D eigenvalue weighted by Crippen LogP contribution is -2.02. The van der Waals surface area contributed by atoms with Gasteiger partial charge in [0.15, 0.2) is 17.5 Å². The van der Waals surface area contributed by atoms with Crippen LogP contribution in [0.5, 0.6) is 0 Å². The average molecular weight is 791 g/mol. The van der Waals surface area contributed by atoms with Crippen LogP contribution >= 0.6 is 0 Å². The van der Waals surface area contributed by atoms with E-state index in [-0.39, 0.29) is 0 Å². The summed E-state index contributed by atoms with van der Waals surface area (Å²) in [7, 11) is 0. The van der Waals surface area contributed by atoms with E-state index >= 15 is 0 Å². The molecule has 13 rings (SSSR count). The largest absolute Gasteiger partial charge is 0.455 e. The lowest BCUT2D eigenvalue weighted by atomic mass is 9.93. The van der Waals surface area contributed by atoms with E-state index in [4.69, 9.17) is 19.4 Å². The van der Waals surface area contributed by atoms with E-state index in [0.29, 0.717) is 17.5 Å². The van der Waals surface area contributed by atoms with Gasteiger partial charge in [-0.1, -0.05) is 164 Å². The van der Waals surface area contributed by atoms with Crippen LogP contribution in [0.25, 0.3) is 127 Å². The van der Waals surface area contributed by atoms with E-state index in [9.17, 15) is 0 Å². The number of para-hydroxylation sites is 2. The molecule has 5 heteroatoms. The lowest BCUT2D eigenvalue weighted by Gasteiger charge is -2.17. The van der Waals surface area contributed by atoms with Gasteiger partial charge in [0, 0.05) is 43.7 Å². The van der Waals surface area contributed by atoms with Crippen molar-refractivity contribution in [1.82, 2.24) is 19.5 Å². The molecule has 288 valence electrons. The zero-order chi connectivity index (χ0) is 40.7. The predicted molar refractivity (Wildman–Crippen MR) is 256 cm³/mol. The SMILES string of the molecule is c1ccc(-c2nc(-c3ccc(-n4c5cc6ccccc6cc5c5ccc6ccccc6c54)cc3-c3cccc4ccccc34)nc(-c3cccc4c3oc3ccccc34)n2)cc1. The summed E-state index contributed by atoms with van der Waals surface area (Å²) in [6.45, 7) is 0. The predicted octanol–water partition coefficient (Wildman–Crippen LogP) is 15.0. The number of nitrogens with zero attached hydrogens (tertiary/aromatic N) is 4. The minimum atomic E-state index is 0.548. The second-order valence-corrected chi connectivity index (χ2v) is 15.9. The van der Waals surface area contributed by atoms with E-state index in [0.717, 1.165) is 71.7 Å². The Labute approximate surface area is 355 Å². The number of hydrogen-bond acceptors (Lipinski definition) is 4. The Morgan fingerprint density at radius 1 is 0.339 bits per heavy atom. The van der Waals surface area contributed by atoms with Gasteiger partial charge >= 0.3 is 0 Å². The molecular weight excluding hydrogens is 757 g/mol. The van der Waals surface area contributed by atoms with Crippen molar-refractivity contribution >= 4 is 76.1 Å². The van der Waals surface area contributed by atoms with Gasteiger partial charge in [0.1, 0.15) is 11.2 Å². The van der Waals surface area contributed by atoms with Gasteiger partial charge in [0.05, 0.1) is 16.6 Å². The Morgan fingerprint density at radius 3 is 1.79 bits per heavy atom. The molecule has 0 fully saturated rings. The van der Waals surface area contributed by atoms with Crippen molar-refractivity contribution in [2.75, 3.05) is 0 Å². The van der Waals surface area contributed by atoms with Crippen molar-refractivity contribution in [3.05, 3.63) is 206 Å². The molecule has 13 aromatic rings. The molecule has 0 amide bonds. The molecule has 0 aliphatic heterocycles. The Bertz CT molecular complexity index is 3930. The summed E-state index contributed by atoms with van der Waals surface area (Å²) < 4.78 is 9.00. The highest BCUT2D eigenvalue weighted by molar-refractivity contribution is 6.21. The third-order valence-electron chi connectivity index (χ3n) is 12.4. The number of aromatic nitrogens is 4. The van der Waals surface area contributed by atoms with Gasteiger partial charge in [-0.25, -0.2) is 15.0 Å². The monoisotopic (exact) mass is 790 g/mol. The van der Waals surface area contributed by atoms with Gasteiger partial charge in [-0.15, -0.1) is 0 Å². The first-order valence-electron chi connectivity index (χ1n) is 20.9. The van der Waals surface area contributed by atoms with Crippen molar-refractivity contribution in [3.8, 4) is 51.0 Å². The molecule has 0 radical (unpaired) electrons. The van der Waals surface area contributed by atoms with Crippen molar-refractivity contribution in [2.24, 2.45) is 0 Å². The van der Waals surface area contributed by atoms with Crippen LogP contribution in [0.4, 0.5) is 0 Å². The van der Waals surface area contributed by atoms with Crippen molar-refractivity contribution in [2.45, 2.75) is 0 Å². The van der Waals surface area contributed by atoms with Gasteiger partial charge in [-0.3, -0.25) is 0 Å². The molecule has 0 unspecified atom stereocenters. The highest BCUT2D eigenvalue weighted by Crippen LogP contribution is 2.43. The molecule has 0 saturated heterocycles. The minimum absolute atomic E-state index is 0.548. The molecule has 0 aliphatic rings. The molecule has 0 atom stereocenters. The number of rotatable bonds is 5. The zero-order valence-electron chi connectivity index (χ0n) is 33.3. The molecular formula is C57H34N4O. The normalized spacial score (nSPS) is 11.9. The molecule has 0 N–H and O–H groups in total. The van der Waals surface area contributed by atoms with Crippen LogP contribution in [-0.2, 0) is 0 Å². The fourth-order valence-electron chi connectivity index (χ4n) is 9.54. The third-order valence-corrected chi connectivity index (χ3v) is 12.4. The van der Waals surface area contributed by atoms with E-state index in [1.165, 1.54) is 37.8 Å². The van der Waals surface area contributed by atoms with Gasteiger partial charge in [-0.05, 0) is 80.5 Å². The summed E-state index contributed by atoms with van der Waals surface area (Å²) in [6, 6.07) is 72.9. The van der Waals surface area contributed by atoms with Crippen molar-refractivity contribution < 1.29 is 4.42 Å². The average Bonchev–Trinajstić information content (AvgIpc) is 3.89. The maximum Gasteiger partial charge on any atom is 0.167 e. The Hall–Kier alpha value is -8.41. The first-order chi connectivity index (χ1) is 30.7. The fraction of sp³-hybridized carbons (Fsp3) is 0. The molecule has 3 heterocycles. The fourth-order valence-corrected chi connectivity index (χ4v) is 9.54. The Morgan fingerprint density at radius 2 is 0.952 bits per heavy atom. The van der Waals surface area contributed by atoms with Gasteiger partial charge in [0.2, 0.25) is 0 Å². The number of furan rings is 1. The lowest BCUT2D eigenvalue weighted by molar-refractivity contribution is 0.669. The second-order valence-electron chi connectivity index (χ2n) is 15.9. The van der Waals surface area contributed by atoms with Crippen LogP contribution in [0, 0.1) is 0 Å².